The first-order chi connectivity index (χ1) is 11.8. The quantitative estimate of drug-likeness (QED) is 0.844. The van der Waals surface area contributed by atoms with E-state index in [0.29, 0.717) is 18.7 Å². The lowest BCUT2D eigenvalue weighted by Crippen LogP contribution is -2.47. The Kier molecular flexibility index (Phi) is 3.25. The lowest BCUT2D eigenvalue weighted by Gasteiger charge is -2.19. The molecule has 4 rings (SSSR count). The van der Waals surface area contributed by atoms with Gasteiger partial charge >= 0.3 is 6.03 Å². The Morgan fingerprint density at radius 1 is 1.20 bits per heavy atom. The summed E-state index contributed by atoms with van der Waals surface area (Å²) in [4.78, 5) is 30.9. The SMILES string of the molecule is CC(C)(C)c1noc(CN2C(=O)NC3(Cc4ccccc4C3)C2=O)n1. The van der Waals surface area contributed by atoms with E-state index >= 15 is 0 Å². The third-order valence-corrected chi connectivity index (χ3v) is 4.78. The Balaban J connectivity index is 1.56. The zero-order valence-electron chi connectivity index (χ0n) is 14.5. The molecule has 130 valence electrons. The van der Waals surface area contributed by atoms with Crippen molar-refractivity contribution in [2.75, 3.05) is 0 Å². The van der Waals surface area contributed by atoms with Crippen LogP contribution in [0.4, 0.5) is 4.79 Å². The summed E-state index contributed by atoms with van der Waals surface area (Å²) in [5, 5.41) is 6.83. The van der Waals surface area contributed by atoms with Gasteiger partial charge in [-0.15, -0.1) is 0 Å². The number of urea groups is 1. The van der Waals surface area contributed by atoms with Crippen molar-refractivity contribution in [2.24, 2.45) is 0 Å². The van der Waals surface area contributed by atoms with Crippen molar-refractivity contribution in [3.05, 3.63) is 47.1 Å². The van der Waals surface area contributed by atoms with Crippen LogP contribution in [-0.4, -0.2) is 32.5 Å². The minimum Gasteiger partial charge on any atom is -0.337 e. The van der Waals surface area contributed by atoms with Gasteiger partial charge in [0.25, 0.3) is 5.91 Å². The van der Waals surface area contributed by atoms with Crippen molar-refractivity contribution in [3.63, 3.8) is 0 Å². The second kappa shape index (κ2) is 5.15. The highest BCUT2D eigenvalue weighted by Gasteiger charge is 2.54. The van der Waals surface area contributed by atoms with Crippen molar-refractivity contribution in [1.82, 2.24) is 20.4 Å². The minimum absolute atomic E-state index is 0.00809. The molecule has 7 nitrogen and oxygen atoms in total. The Hall–Kier alpha value is -2.70. The standard InChI is InChI=1S/C18H20N4O3/c1-17(2,3)14-19-13(25-21-14)10-22-15(23)18(20-16(22)24)8-11-6-4-5-7-12(11)9-18/h4-7H,8-10H2,1-3H3,(H,20,24). The fraction of sp³-hybridized carbons (Fsp3) is 0.444. The summed E-state index contributed by atoms with van der Waals surface area (Å²) in [7, 11) is 0. The van der Waals surface area contributed by atoms with E-state index in [1.807, 2.05) is 45.0 Å². The number of benzene rings is 1. The van der Waals surface area contributed by atoms with Gasteiger partial charge in [-0.05, 0) is 11.1 Å². The summed E-state index contributed by atoms with van der Waals surface area (Å²) < 4.78 is 5.23. The Morgan fingerprint density at radius 2 is 1.84 bits per heavy atom. The molecule has 0 saturated carbocycles. The highest BCUT2D eigenvalue weighted by atomic mass is 16.5. The van der Waals surface area contributed by atoms with Gasteiger partial charge in [0.15, 0.2) is 5.82 Å². The molecule has 1 aliphatic heterocycles. The summed E-state index contributed by atoms with van der Waals surface area (Å²) in [5.74, 6) is 0.586. The highest BCUT2D eigenvalue weighted by Crippen LogP contribution is 2.35. The van der Waals surface area contributed by atoms with Crippen LogP contribution < -0.4 is 5.32 Å². The smallest absolute Gasteiger partial charge is 0.325 e. The monoisotopic (exact) mass is 340 g/mol. The molecule has 0 unspecified atom stereocenters. The van der Waals surface area contributed by atoms with Crippen molar-refractivity contribution < 1.29 is 14.1 Å². The molecule has 1 spiro atoms. The highest BCUT2D eigenvalue weighted by molar-refractivity contribution is 6.07. The molecular formula is C18H20N4O3. The number of nitrogens with zero attached hydrogens (tertiary/aromatic N) is 3. The molecule has 1 aromatic carbocycles. The first kappa shape index (κ1) is 15.8. The molecule has 7 heteroatoms. The molecule has 1 saturated heterocycles. The molecule has 1 fully saturated rings. The molecule has 3 amide bonds. The van der Waals surface area contributed by atoms with Crippen LogP contribution in [0.25, 0.3) is 0 Å². The van der Waals surface area contributed by atoms with Crippen molar-refractivity contribution >= 4 is 11.9 Å². The van der Waals surface area contributed by atoms with Crippen LogP contribution in [0.15, 0.2) is 28.8 Å². The third kappa shape index (κ3) is 2.50. The van der Waals surface area contributed by atoms with E-state index in [1.54, 1.807) is 0 Å². The van der Waals surface area contributed by atoms with Gasteiger partial charge in [-0.25, -0.2) is 4.79 Å². The van der Waals surface area contributed by atoms with Gasteiger partial charge in [-0.2, -0.15) is 4.98 Å². The number of nitrogens with one attached hydrogen (secondary N) is 1. The lowest BCUT2D eigenvalue weighted by molar-refractivity contribution is -0.131. The zero-order valence-corrected chi connectivity index (χ0v) is 14.5. The predicted octanol–water partition coefficient (Wildman–Crippen LogP) is 1.96. The van der Waals surface area contributed by atoms with E-state index in [9.17, 15) is 9.59 Å². The van der Waals surface area contributed by atoms with E-state index in [0.717, 1.165) is 11.1 Å². The van der Waals surface area contributed by atoms with Crippen LogP contribution in [0.5, 0.6) is 0 Å². The molecule has 2 aliphatic rings. The predicted molar refractivity (Wildman–Crippen MR) is 88.7 cm³/mol. The Morgan fingerprint density at radius 3 is 2.40 bits per heavy atom. The maximum atomic E-state index is 13.0. The van der Waals surface area contributed by atoms with Crippen LogP contribution in [0.1, 0.15) is 43.6 Å². The number of carbonyl (C=O) groups is 2. The van der Waals surface area contributed by atoms with Crippen LogP contribution in [0.3, 0.4) is 0 Å². The maximum Gasteiger partial charge on any atom is 0.325 e. The van der Waals surface area contributed by atoms with Crippen molar-refractivity contribution in [2.45, 2.75) is 51.1 Å². The molecule has 1 aromatic heterocycles. The number of fused-ring (bicyclic) bond motifs is 1. The maximum absolute atomic E-state index is 13.0. The fourth-order valence-electron chi connectivity index (χ4n) is 3.43. The van der Waals surface area contributed by atoms with E-state index in [-0.39, 0.29) is 23.8 Å². The first-order valence-electron chi connectivity index (χ1n) is 8.32. The van der Waals surface area contributed by atoms with Crippen molar-refractivity contribution in [3.8, 4) is 0 Å². The number of hydrogen-bond acceptors (Lipinski definition) is 5. The summed E-state index contributed by atoms with van der Waals surface area (Å²) in [6.07, 6.45) is 1.03. The molecule has 25 heavy (non-hydrogen) atoms. The lowest BCUT2D eigenvalue weighted by atomic mass is 9.96. The summed E-state index contributed by atoms with van der Waals surface area (Å²) in [6, 6.07) is 7.49. The van der Waals surface area contributed by atoms with Gasteiger partial charge < -0.3 is 9.84 Å². The largest absolute Gasteiger partial charge is 0.337 e. The summed E-state index contributed by atoms with van der Waals surface area (Å²) in [5.41, 5.74) is 1.07. The topological polar surface area (TPSA) is 88.3 Å². The molecule has 0 bridgehead atoms. The molecule has 0 atom stereocenters. The summed E-state index contributed by atoms with van der Waals surface area (Å²) in [6.45, 7) is 5.91. The van der Waals surface area contributed by atoms with Gasteiger partial charge in [-0.1, -0.05) is 50.2 Å². The van der Waals surface area contributed by atoms with Gasteiger partial charge in [0, 0.05) is 18.3 Å². The molecule has 2 aromatic rings. The number of aromatic nitrogens is 2. The second-order valence-electron chi connectivity index (χ2n) is 7.79. The normalized spacial score (nSPS) is 18.8. The number of amides is 3. The molecular weight excluding hydrogens is 320 g/mol. The number of carbonyl (C=O) groups excluding carboxylic acids is 2. The van der Waals surface area contributed by atoms with Gasteiger partial charge in [0.05, 0.1) is 0 Å². The second-order valence-corrected chi connectivity index (χ2v) is 7.79. The number of hydrogen-bond donors (Lipinski definition) is 1. The van der Waals surface area contributed by atoms with Crippen molar-refractivity contribution in [1.29, 1.82) is 0 Å². The third-order valence-electron chi connectivity index (χ3n) is 4.78. The minimum atomic E-state index is -0.881. The molecule has 1 aliphatic carbocycles. The summed E-state index contributed by atoms with van der Waals surface area (Å²) >= 11 is 0. The van der Waals surface area contributed by atoms with Gasteiger partial charge in [0.1, 0.15) is 12.1 Å². The van der Waals surface area contributed by atoms with E-state index in [1.165, 1.54) is 4.90 Å². The molecule has 2 heterocycles. The van der Waals surface area contributed by atoms with E-state index in [2.05, 4.69) is 15.5 Å². The molecule has 0 radical (unpaired) electrons. The first-order valence-corrected chi connectivity index (χ1v) is 8.32. The van der Waals surface area contributed by atoms with Crippen LogP contribution >= 0.6 is 0 Å². The van der Waals surface area contributed by atoms with Gasteiger partial charge in [-0.3, -0.25) is 9.69 Å². The van der Waals surface area contributed by atoms with Crippen LogP contribution in [-0.2, 0) is 29.6 Å². The average molecular weight is 340 g/mol. The molecule has 1 N–H and O–H groups in total. The Labute approximate surface area is 145 Å². The van der Waals surface area contributed by atoms with Gasteiger partial charge in [0.2, 0.25) is 5.89 Å². The van der Waals surface area contributed by atoms with E-state index < -0.39 is 11.6 Å². The van der Waals surface area contributed by atoms with Crippen LogP contribution in [0.2, 0.25) is 0 Å². The number of imide groups is 1. The fourth-order valence-corrected chi connectivity index (χ4v) is 3.43. The number of rotatable bonds is 2. The average Bonchev–Trinajstić information content (AvgIpc) is 3.20. The Bertz CT molecular complexity index is 840. The zero-order chi connectivity index (χ0) is 17.8. The van der Waals surface area contributed by atoms with E-state index in [4.69, 9.17) is 4.52 Å². The van der Waals surface area contributed by atoms with Crippen LogP contribution in [0, 0.1) is 0 Å².